The van der Waals surface area contributed by atoms with Crippen molar-refractivity contribution in [3.8, 4) is 5.75 Å². The van der Waals surface area contributed by atoms with Crippen molar-refractivity contribution in [3.05, 3.63) is 48.4 Å². The molecule has 0 aliphatic carbocycles. The lowest BCUT2D eigenvalue weighted by Gasteiger charge is -2.14. The van der Waals surface area contributed by atoms with Crippen LogP contribution in [0.4, 0.5) is 5.69 Å². The first-order valence-corrected chi connectivity index (χ1v) is 10.2. The van der Waals surface area contributed by atoms with E-state index in [1.165, 1.54) is 0 Å². The molecule has 1 amide bonds. The van der Waals surface area contributed by atoms with E-state index < -0.39 is 0 Å². The normalized spacial score (nSPS) is 11.0. The van der Waals surface area contributed by atoms with E-state index in [9.17, 15) is 4.79 Å². The number of aliphatic imine (C=N–C) groups is 1. The number of nitrogens with zero attached hydrogens (tertiary/aromatic N) is 1. The van der Waals surface area contributed by atoms with Gasteiger partial charge in [0.2, 0.25) is 5.91 Å². The number of hydrogen-bond donors (Lipinski definition) is 3. The highest BCUT2D eigenvalue weighted by Crippen LogP contribution is 2.16. The summed E-state index contributed by atoms with van der Waals surface area (Å²) in [6.45, 7) is 7.79. The molecule has 166 valence electrons. The molecular weight excluding hydrogens is 495 g/mol. The van der Waals surface area contributed by atoms with Crippen LogP contribution in [-0.2, 0) is 11.2 Å². The first-order valence-electron chi connectivity index (χ1n) is 10.2. The molecule has 0 atom stereocenters. The van der Waals surface area contributed by atoms with Gasteiger partial charge in [-0.05, 0) is 56.7 Å². The molecule has 0 bridgehead atoms. The molecule has 1 aromatic heterocycles. The fourth-order valence-corrected chi connectivity index (χ4v) is 2.55. The molecule has 7 nitrogen and oxygen atoms in total. The Morgan fingerprint density at radius 1 is 1.13 bits per heavy atom. The van der Waals surface area contributed by atoms with E-state index in [1.54, 1.807) is 6.26 Å². The second-order valence-corrected chi connectivity index (χ2v) is 6.90. The van der Waals surface area contributed by atoms with E-state index in [-0.39, 0.29) is 36.0 Å². The summed E-state index contributed by atoms with van der Waals surface area (Å²) < 4.78 is 11.0. The third-order valence-electron chi connectivity index (χ3n) is 3.91. The molecule has 0 unspecified atom stereocenters. The Kier molecular flexibility index (Phi) is 12.6. The number of nitrogens with one attached hydrogen (secondary N) is 3. The van der Waals surface area contributed by atoms with Gasteiger partial charge in [0.1, 0.15) is 11.5 Å². The highest BCUT2D eigenvalue weighted by atomic mass is 127. The first kappa shape index (κ1) is 25.8. The van der Waals surface area contributed by atoms with Crippen molar-refractivity contribution < 1.29 is 13.9 Å². The summed E-state index contributed by atoms with van der Waals surface area (Å²) in [5.41, 5.74) is 0.890. The predicted molar refractivity (Wildman–Crippen MR) is 132 cm³/mol. The SMILES string of the molecule is CCCNC(=O)CCNC(=NCCc1ccco1)Nc1ccc(OC(C)C)cc1.I. The number of amides is 1. The average molecular weight is 528 g/mol. The fraction of sp³-hybridized carbons (Fsp3) is 0.455. The Morgan fingerprint density at radius 2 is 1.90 bits per heavy atom. The highest BCUT2D eigenvalue weighted by molar-refractivity contribution is 14.0. The standard InChI is InChI=1S/C22H32N4O3.HI/c1-4-13-23-21(27)12-15-25-22(24-14-11-19-6-5-16-28-19)26-18-7-9-20(10-8-18)29-17(2)3;/h5-10,16-17H,4,11-15H2,1-3H3,(H,23,27)(H2,24,25,26);1H. The summed E-state index contributed by atoms with van der Waals surface area (Å²) in [5, 5.41) is 9.37. The van der Waals surface area contributed by atoms with Crippen LogP contribution in [0.2, 0.25) is 0 Å². The van der Waals surface area contributed by atoms with Gasteiger partial charge in [-0.25, -0.2) is 0 Å². The zero-order valence-electron chi connectivity index (χ0n) is 17.9. The van der Waals surface area contributed by atoms with Gasteiger partial charge in [0, 0.05) is 38.2 Å². The predicted octanol–water partition coefficient (Wildman–Crippen LogP) is 4.20. The van der Waals surface area contributed by atoms with Gasteiger partial charge in [0.15, 0.2) is 5.96 Å². The van der Waals surface area contributed by atoms with E-state index in [1.807, 2.05) is 57.2 Å². The first-order chi connectivity index (χ1) is 14.1. The third-order valence-corrected chi connectivity index (χ3v) is 3.91. The van der Waals surface area contributed by atoms with Crippen LogP contribution in [0.5, 0.6) is 5.75 Å². The van der Waals surface area contributed by atoms with Crippen LogP contribution >= 0.6 is 24.0 Å². The number of benzene rings is 1. The van der Waals surface area contributed by atoms with Crippen molar-refractivity contribution >= 4 is 41.5 Å². The molecule has 2 aromatic rings. The molecule has 1 heterocycles. The van der Waals surface area contributed by atoms with Gasteiger partial charge in [0.05, 0.1) is 12.4 Å². The number of guanidine groups is 1. The minimum Gasteiger partial charge on any atom is -0.491 e. The van der Waals surface area contributed by atoms with E-state index in [0.717, 1.165) is 23.6 Å². The molecule has 1 aromatic carbocycles. The fourth-order valence-electron chi connectivity index (χ4n) is 2.55. The summed E-state index contributed by atoms with van der Waals surface area (Å²) in [7, 11) is 0. The maximum absolute atomic E-state index is 11.8. The quantitative estimate of drug-likeness (QED) is 0.231. The zero-order valence-corrected chi connectivity index (χ0v) is 20.3. The van der Waals surface area contributed by atoms with Crippen molar-refractivity contribution in [2.45, 2.75) is 46.1 Å². The van der Waals surface area contributed by atoms with Crippen LogP contribution < -0.4 is 20.7 Å². The third kappa shape index (κ3) is 10.5. The van der Waals surface area contributed by atoms with Crippen LogP contribution in [-0.4, -0.2) is 37.6 Å². The van der Waals surface area contributed by atoms with Gasteiger partial charge in [0.25, 0.3) is 0 Å². The molecule has 0 fully saturated rings. The number of carbonyl (C=O) groups is 1. The van der Waals surface area contributed by atoms with Crippen LogP contribution in [0.3, 0.4) is 0 Å². The van der Waals surface area contributed by atoms with Gasteiger partial charge < -0.3 is 25.1 Å². The number of furan rings is 1. The molecule has 2 rings (SSSR count). The van der Waals surface area contributed by atoms with E-state index in [2.05, 4.69) is 20.9 Å². The Balaban J connectivity index is 0.00000450. The van der Waals surface area contributed by atoms with Crippen molar-refractivity contribution in [3.63, 3.8) is 0 Å². The molecule has 0 radical (unpaired) electrons. The number of ether oxygens (including phenoxy) is 1. The summed E-state index contributed by atoms with van der Waals surface area (Å²) in [4.78, 5) is 16.4. The number of anilines is 1. The van der Waals surface area contributed by atoms with Gasteiger partial charge in [-0.3, -0.25) is 9.79 Å². The van der Waals surface area contributed by atoms with Crippen molar-refractivity contribution in [1.82, 2.24) is 10.6 Å². The van der Waals surface area contributed by atoms with Crippen molar-refractivity contribution in [2.24, 2.45) is 4.99 Å². The second kappa shape index (κ2) is 14.7. The van der Waals surface area contributed by atoms with E-state index in [4.69, 9.17) is 9.15 Å². The van der Waals surface area contributed by atoms with Gasteiger partial charge in [-0.2, -0.15) is 0 Å². The lowest BCUT2D eigenvalue weighted by molar-refractivity contribution is -0.120. The number of carbonyl (C=O) groups excluding carboxylic acids is 1. The van der Waals surface area contributed by atoms with Gasteiger partial charge in [-0.15, -0.1) is 24.0 Å². The van der Waals surface area contributed by atoms with Crippen LogP contribution in [0, 0.1) is 0 Å². The molecule has 30 heavy (non-hydrogen) atoms. The van der Waals surface area contributed by atoms with Crippen LogP contribution in [0.1, 0.15) is 39.4 Å². The smallest absolute Gasteiger partial charge is 0.221 e. The molecular formula is C22H33IN4O3. The summed E-state index contributed by atoms with van der Waals surface area (Å²) in [6, 6.07) is 11.5. The van der Waals surface area contributed by atoms with Crippen molar-refractivity contribution in [1.29, 1.82) is 0 Å². The number of hydrogen-bond acceptors (Lipinski definition) is 4. The molecule has 0 aliphatic rings. The van der Waals surface area contributed by atoms with Gasteiger partial charge >= 0.3 is 0 Å². The second-order valence-electron chi connectivity index (χ2n) is 6.90. The Labute approximate surface area is 196 Å². The number of halogens is 1. The molecule has 3 N–H and O–H groups in total. The Morgan fingerprint density at radius 3 is 2.53 bits per heavy atom. The Bertz CT molecular complexity index is 746. The molecule has 0 aliphatic heterocycles. The van der Waals surface area contributed by atoms with E-state index >= 15 is 0 Å². The highest BCUT2D eigenvalue weighted by Gasteiger charge is 2.05. The zero-order chi connectivity index (χ0) is 20.9. The minimum absolute atomic E-state index is 0. The average Bonchev–Trinajstić information content (AvgIpc) is 3.21. The number of rotatable bonds is 11. The molecule has 8 heteroatoms. The van der Waals surface area contributed by atoms with E-state index in [0.29, 0.717) is 38.4 Å². The lowest BCUT2D eigenvalue weighted by atomic mass is 10.3. The largest absolute Gasteiger partial charge is 0.491 e. The maximum atomic E-state index is 11.8. The molecule has 0 saturated heterocycles. The summed E-state index contributed by atoms with van der Waals surface area (Å²) in [5.74, 6) is 2.37. The molecule has 0 spiro atoms. The minimum atomic E-state index is 0. The monoisotopic (exact) mass is 528 g/mol. The van der Waals surface area contributed by atoms with Gasteiger partial charge in [-0.1, -0.05) is 6.92 Å². The topological polar surface area (TPSA) is 87.9 Å². The lowest BCUT2D eigenvalue weighted by Crippen LogP contribution is -2.35. The van der Waals surface area contributed by atoms with Crippen molar-refractivity contribution in [2.75, 3.05) is 25.0 Å². The summed E-state index contributed by atoms with van der Waals surface area (Å²) >= 11 is 0. The summed E-state index contributed by atoms with van der Waals surface area (Å²) in [6.07, 6.45) is 3.81. The Hall–Kier alpha value is -2.23. The maximum Gasteiger partial charge on any atom is 0.221 e. The van der Waals surface area contributed by atoms with Crippen LogP contribution in [0.25, 0.3) is 0 Å². The molecule has 0 saturated carbocycles. The van der Waals surface area contributed by atoms with Crippen LogP contribution in [0.15, 0.2) is 52.1 Å².